The number of halogens is 1. The predicted octanol–water partition coefficient (Wildman–Crippen LogP) is 3.47. The Hall–Kier alpha value is -0.770. The van der Waals surface area contributed by atoms with Crippen LogP contribution in [0.2, 0.25) is 5.02 Å². The third-order valence-corrected chi connectivity index (χ3v) is 3.66. The van der Waals surface area contributed by atoms with E-state index in [0.29, 0.717) is 5.92 Å². The van der Waals surface area contributed by atoms with Gasteiger partial charge in [-0.25, -0.2) is 0 Å². The highest BCUT2D eigenvalue weighted by molar-refractivity contribution is 6.33. The van der Waals surface area contributed by atoms with Gasteiger partial charge < -0.3 is 15.1 Å². The molecule has 0 aromatic heterocycles. The Kier molecular flexibility index (Phi) is 8.09. The van der Waals surface area contributed by atoms with E-state index in [-0.39, 0.29) is 0 Å². The van der Waals surface area contributed by atoms with Crippen LogP contribution >= 0.6 is 11.6 Å². The van der Waals surface area contributed by atoms with Crippen LogP contribution in [0.1, 0.15) is 26.3 Å². The van der Waals surface area contributed by atoms with E-state index >= 15 is 0 Å². The highest BCUT2D eigenvalue weighted by Crippen LogP contribution is 2.30. The molecule has 0 bridgehead atoms. The smallest absolute Gasteiger partial charge is 0.0642 e. The van der Waals surface area contributed by atoms with E-state index in [2.05, 4.69) is 56.0 Å². The monoisotopic (exact) mass is 311 g/mol. The average molecular weight is 312 g/mol. The zero-order chi connectivity index (χ0) is 15.8. The lowest BCUT2D eigenvalue weighted by molar-refractivity contribution is 0.409. The number of rotatable bonds is 9. The van der Waals surface area contributed by atoms with Gasteiger partial charge in [-0.15, -0.1) is 0 Å². The molecule has 1 N–H and O–H groups in total. The quantitative estimate of drug-likeness (QED) is 0.753. The fraction of sp³-hybridized carbons (Fsp3) is 0.647. The van der Waals surface area contributed by atoms with Crippen molar-refractivity contribution in [3.8, 4) is 0 Å². The fourth-order valence-electron chi connectivity index (χ4n) is 2.37. The molecule has 0 aliphatic heterocycles. The van der Waals surface area contributed by atoms with Gasteiger partial charge in [0.25, 0.3) is 0 Å². The number of anilines is 1. The van der Waals surface area contributed by atoms with Gasteiger partial charge in [0.05, 0.1) is 10.7 Å². The number of nitrogens with one attached hydrogen (secondary N) is 1. The molecule has 0 unspecified atom stereocenters. The van der Waals surface area contributed by atoms with Gasteiger partial charge in [0.2, 0.25) is 0 Å². The van der Waals surface area contributed by atoms with Crippen molar-refractivity contribution in [3.05, 3.63) is 28.8 Å². The third-order valence-electron chi connectivity index (χ3n) is 3.35. The first-order valence-electron chi connectivity index (χ1n) is 7.83. The molecule has 0 aliphatic rings. The molecule has 120 valence electrons. The summed E-state index contributed by atoms with van der Waals surface area (Å²) in [5.41, 5.74) is 2.47. The largest absolute Gasteiger partial charge is 0.369 e. The summed E-state index contributed by atoms with van der Waals surface area (Å²) in [5.74, 6) is 0.607. The van der Waals surface area contributed by atoms with E-state index < -0.39 is 0 Å². The van der Waals surface area contributed by atoms with Crippen LogP contribution in [-0.2, 0) is 6.54 Å². The zero-order valence-electron chi connectivity index (χ0n) is 14.1. The molecule has 0 amide bonds. The SMILES string of the molecule is CCNCc1cccc(Cl)c1N(CCN(C)C)CC(C)C. The lowest BCUT2D eigenvalue weighted by Gasteiger charge is -2.31. The minimum Gasteiger partial charge on any atom is -0.369 e. The van der Waals surface area contributed by atoms with E-state index in [1.165, 1.54) is 11.3 Å². The Morgan fingerprint density at radius 3 is 2.48 bits per heavy atom. The summed E-state index contributed by atoms with van der Waals surface area (Å²) in [7, 11) is 4.22. The Balaban J connectivity index is 3.02. The Bertz CT molecular complexity index is 418. The molecular formula is C17H30ClN3. The topological polar surface area (TPSA) is 18.5 Å². The summed E-state index contributed by atoms with van der Waals surface area (Å²) < 4.78 is 0. The second-order valence-electron chi connectivity index (χ2n) is 6.17. The van der Waals surface area contributed by atoms with Gasteiger partial charge in [0.15, 0.2) is 0 Å². The molecule has 0 spiro atoms. The van der Waals surface area contributed by atoms with Crippen LogP contribution < -0.4 is 10.2 Å². The number of para-hydroxylation sites is 1. The highest BCUT2D eigenvalue weighted by atomic mass is 35.5. The maximum atomic E-state index is 6.52. The van der Waals surface area contributed by atoms with Gasteiger partial charge in [0.1, 0.15) is 0 Å². The maximum Gasteiger partial charge on any atom is 0.0642 e. The standard InChI is InChI=1S/C17H30ClN3/c1-6-19-12-15-8-7-9-16(18)17(15)21(13-14(2)3)11-10-20(4)5/h7-9,14,19H,6,10-13H2,1-5H3. The Morgan fingerprint density at radius 2 is 1.90 bits per heavy atom. The van der Waals surface area contributed by atoms with Gasteiger partial charge in [-0.05, 0) is 38.2 Å². The first-order chi connectivity index (χ1) is 9.95. The molecular weight excluding hydrogens is 282 g/mol. The summed E-state index contributed by atoms with van der Waals surface area (Å²) >= 11 is 6.52. The molecule has 0 saturated carbocycles. The summed E-state index contributed by atoms with van der Waals surface area (Å²) in [6.07, 6.45) is 0. The number of hydrogen-bond donors (Lipinski definition) is 1. The number of hydrogen-bond acceptors (Lipinski definition) is 3. The molecule has 0 heterocycles. The van der Waals surface area contributed by atoms with E-state index in [9.17, 15) is 0 Å². The molecule has 0 saturated heterocycles. The molecule has 1 aromatic carbocycles. The second-order valence-corrected chi connectivity index (χ2v) is 6.58. The molecule has 1 rings (SSSR count). The Morgan fingerprint density at radius 1 is 1.19 bits per heavy atom. The van der Waals surface area contributed by atoms with E-state index in [4.69, 9.17) is 11.6 Å². The van der Waals surface area contributed by atoms with Crippen molar-refractivity contribution in [1.29, 1.82) is 0 Å². The van der Waals surface area contributed by atoms with Gasteiger partial charge in [0, 0.05) is 26.2 Å². The van der Waals surface area contributed by atoms with Crippen LogP contribution in [0, 0.1) is 5.92 Å². The van der Waals surface area contributed by atoms with Crippen molar-refractivity contribution in [2.45, 2.75) is 27.3 Å². The number of benzene rings is 1. The van der Waals surface area contributed by atoms with E-state index in [0.717, 1.165) is 37.7 Å². The first-order valence-corrected chi connectivity index (χ1v) is 8.21. The lowest BCUT2D eigenvalue weighted by atomic mass is 10.1. The molecule has 3 nitrogen and oxygen atoms in total. The summed E-state index contributed by atoms with van der Waals surface area (Å²) in [4.78, 5) is 4.65. The maximum absolute atomic E-state index is 6.52. The summed E-state index contributed by atoms with van der Waals surface area (Å²) in [6, 6.07) is 6.21. The summed E-state index contributed by atoms with van der Waals surface area (Å²) in [5, 5.41) is 4.26. The molecule has 21 heavy (non-hydrogen) atoms. The van der Waals surface area contributed by atoms with Crippen molar-refractivity contribution >= 4 is 17.3 Å². The fourth-order valence-corrected chi connectivity index (χ4v) is 2.69. The predicted molar refractivity (Wildman–Crippen MR) is 94.4 cm³/mol. The lowest BCUT2D eigenvalue weighted by Crippen LogP contribution is -2.35. The average Bonchev–Trinajstić information content (AvgIpc) is 2.41. The van der Waals surface area contributed by atoms with Gasteiger partial charge >= 0.3 is 0 Å². The minimum absolute atomic E-state index is 0.607. The molecule has 0 atom stereocenters. The van der Waals surface area contributed by atoms with Crippen LogP contribution in [0.25, 0.3) is 0 Å². The van der Waals surface area contributed by atoms with Gasteiger partial charge in [-0.2, -0.15) is 0 Å². The summed E-state index contributed by atoms with van der Waals surface area (Å²) in [6.45, 7) is 11.5. The number of nitrogens with zero attached hydrogens (tertiary/aromatic N) is 2. The Labute approximate surface area is 135 Å². The van der Waals surface area contributed by atoms with Gasteiger partial charge in [-0.3, -0.25) is 0 Å². The first kappa shape index (κ1) is 18.3. The van der Waals surface area contributed by atoms with Crippen LogP contribution in [-0.4, -0.2) is 45.2 Å². The van der Waals surface area contributed by atoms with Crippen molar-refractivity contribution in [1.82, 2.24) is 10.2 Å². The molecule has 0 radical (unpaired) electrons. The number of likely N-dealkylation sites (N-methyl/N-ethyl adjacent to an activating group) is 1. The normalized spacial score (nSPS) is 11.4. The second kappa shape index (κ2) is 9.29. The van der Waals surface area contributed by atoms with Crippen LogP contribution in [0.5, 0.6) is 0 Å². The molecule has 4 heteroatoms. The van der Waals surface area contributed by atoms with Crippen LogP contribution in [0.15, 0.2) is 18.2 Å². The minimum atomic E-state index is 0.607. The van der Waals surface area contributed by atoms with Crippen molar-refractivity contribution in [3.63, 3.8) is 0 Å². The van der Waals surface area contributed by atoms with Crippen molar-refractivity contribution in [2.75, 3.05) is 45.2 Å². The molecule has 0 fully saturated rings. The van der Waals surface area contributed by atoms with Crippen LogP contribution in [0.4, 0.5) is 5.69 Å². The van der Waals surface area contributed by atoms with Crippen molar-refractivity contribution in [2.24, 2.45) is 5.92 Å². The highest BCUT2D eigenvalue weighted by Gasteiger charge is 2.16. The van der Waals surface area contributed by atoms with E-state index in [1.54, 1.807) is 0 Å². The third kappa shape index (κ3) is 6.25. The van der Waals surface area contributed by atoms with Crippen LogP contribution in [0.3, 0.4) is 0 Å². The molecule has 1 aromatic rings. The zero-order valence-corrected chi connectivity index (χ0v) is 14.9. The van der Waals surface area contributed by atoms with E-state index in [1.807, 2.05) is 12.1 Å². The molecule has 0 aliphatic carbocycles. The van der Waals surface area contributed by atoms with Gasteiger partial charge in [-0.1, -0.05) is 44.5 Å². The van der Waals surface area contributed by atoms with Crippen molar-refractivity contribution < 1.29 is 0 Å².